The molecule has 1 atom stereocenters. The van der Waals surface area contributed by atoms with Gasteiger partial charge in [0.05, 0.1) is 12.7 Å². The topological polar surface area (TPSA) is 52.6 Å². The Bertz CT molecular complexity index is 368. The minimum absolute atomic E-state index is 0.143. The second kappa shape index (κ2) is 20.7. The number of ether oxygens (including phenoxy) is 2. The summed E-state index contributed by atoms with van der Waals surface area (Å²) >= 11 is 0. The lowest BCUT2D eigenvalue weighted by Crippen LogP contribution is -2.18. The summed E-state index contributed by atoms with van der Waals surface area (Å²) in [5, 5.41) is 0. The van der Waals surface area contributed by atoms with Crippen LogP contribution in [0.3, 0.4) is 0 Å². The molecule has 1 unspecified atom stereocenters. The van der Waals surface area contributed by atoms with Gasteiger partial charge in [-0.2, -0.15) is 0 Å². The van der Waals surface area contributed by atoms with E-state index in [9.17, 15) is 9.59 Å². The van der Waals surface area contributed by atoms with Crippen LogP contribution in [-0.2, 0) is 19.1 Å². The van der Waals surface area contributed by atoms with Crippen molar-refractivity contribution in [1.82, 2.24) is 0 Å². The molecule has 4 heteroatoms. The molecule has 28 heavy (non-hydrogen) atoms. The molecule has 0 aliphatic carbocycles. The molecule has 4 nitrogen and oxygen atoms in total. The van der Waals surface area contributed by atoms with E-state index < -0.39 is 11.9 Å². The Labute approximate surface area is 174 Å². The highest BCUT2D eigenvalue weighted by molar-refractivity contribution is 5.91. The van der Waals surface area contributed by atoms with E-state index in [2.05, 4.69) is 6.92 Å². The van der Waals surface area contributed by atoms with Crippen LogP contribution in [0.2, 0.25) is 0 Å². The van der Waals surface area contributed by atoms with Crippen LogP contribution < -0.4 is 0 Å². The van der Waals surface area contributed by atoms with Gasteiger partial charge in [-0.25, -0.2) is 0 Å². The zero-order chi connectivity index (χ0) is 20.9. The van der Waals surface area contributed by atoms with Crippen molar-refractivity contribution in [3.8, 4) is 0 Å². The molecule has 0 fully saturated rings. The molecule has 0 aromatic rings. The lowest BCUT2D eigenvalue weighted by atomic mass is 10.0. The number of carbonyl (C=O) groups excluding carboxylic acids is 2. The van der Waals surface area contributed by atoms with Crippen molar-refractivity contribution in [2.75, 3.05) is 6.61 Å². The zero-order valence-corrected chi connectivity index (χ0v) is 18.9. The van der Waals surface area contributed by atoms with E-state index in [4.69, 9.17) is 9.47 Å². The molecule has 0 aromatic carbocycles. The van der Waals surface area contributed by atoms with Gasteiger partial charge < -0.3 is 9.47 Å². The third-order valence-electron chi connectivity index (χ3n) is 5.21. The van der Waals surface area contributed by atoms with E-state index in [0.717, 1.165) is 19.3 Å². The first-order valence-corrected chi connectivity index (χ1v) is 11.9. The SMILES string of the molecule is CCCCCCCCCCCCCCCCCOC(=O)CC(=O)OC(C)CC. The Balaban J connectivity index is 3.25. The van der Waals surface area contributed by atoms with Gasteiger partial charge in [0.1, 0.15) is 6.42 Å². The molecule has 0 radical (unpaired) electrons. The van der Waals surface area contributed by atoms with Crippen molar-refractivity contribution < 1.29 is 19.1 Å². The van der Waals surface area contributed by atoms with Crippen molar-refractivity contribution in [3.63, 3.8) is 0 Å². The summed E-state index contributed by atoms with van der Waals surface area (Å²) in [4.78, 5) is 23.0. The van der Waals surface area contributed by atoms with E-state index in [1.165, 1.54) is 83.5 Å². The largest absolute Gasteiger partial charge is 0.465 e. The summed E-state index contributed by atoms with van der Waals surface area (Å²) in [6, 6.07) is 0. The molecule has 0 saturated carbocycles. The quantitative estimate of drug-likeness (QED) is 0.124. The van der Waals surface area contributed by atoms with E-state index in [1.54, 1.807) is 0 Å². The average molecular weight is 399 g/mol. The Morgan fingerprint density at radius 3 is 1.50 bits per heavy atom. The Morgan fingerprint density at radius 1 is 0.643 bits per heavy atom. The van der Waals surface area contributed by atoms with Gasteiger partial charge in [-0.15, -0.1) is 0 Å². The second-order valence-corrected chi connectivity index (χ2v) is 8.06. The van der Waals surface area contributed by atoms with Gasteiger partial charge in [-0.1, -0.05) is 104 Å². The van der Waals surface area contributed by atoms with E-state index in [0.29, 0.717) is 6.61 Å². The molecule has 0 rings (SSSR count). The van der Waals surface area contributed by atoms with Crippen molar-refractivity contribution in [2.45, 2.75) is 136 Å². The molecule has 0 aliphatic heterocycles. The van der Waals surface area contributed by atoms with Crippen LogP contribution in [0.25, 0.3) is 0 Å². The standard InChI is InChI=1S/C24H46O4/c1-4-6-7-8-9-10-11-12-13-14-15-16-17-18-19-20-27-23(25)21-24(26)28-22(3)5-2/h22H,4-21H2,1-3H3. The third-order valence-corrected chi connectivity index (χ3v) is 5.21. The van der Waals surface area contributed by atoms with Crippen LogP contribution in [0.1, 0.15) is 130 Å². The minimum Gasteiger partial charge on any atom is -0.465 e. The number of rotatable bonds is 20. The fourth-order valence-corrected chi connectivity index (χ4v) is 3.18. The molecule has 0 heterocycles. The van der Waals surface area contributed by atoms with Crippen molar-refractivity contribution >= 4 is 11.9 Å². The fourth-order valence-electron chi connectivity index (χ4n) is 3.18. The summed E-state index contributed by atoms with van der Waals surface area (Å²) in [5.74, 6) is -0.963. The summed E-state index contributed by atoms with van der Waals surface area (Å²) in [6.07, 6.45) is 20.0. The molecule has 0 amide bonds. The molecule has 166 valence electrons. The smallest absolute Gasteiger partial charge is 0.317 e. The van der Waals surface area contributed by atoms with Crippen molar-refractivity contribution in [3.05, 3.63) is 0 Å². The highest BCUT2D eigenvalue weighted by Gasteiger charge is 2.14. The van der Waals surface area contributed by atoms with Crippen LogP contribution in [0.4, 0.5) is 0 Å². The molecule has 0 N–H and O–H groups in total. The third kappa shape index (κ3) is 19.7. The Kier molecular flexibility index (Phi) is 19.9. The van der Waals surface area contributed by atoms with Crippen LogP contribution in [0, 0.1) is 0 Å². The average Bonchev–Trinajstić information content (AvgIpc) is 2.67. The molecule has 0 spiro atoms. The lowest BCUT2D eigenvalue weighted by Gasteiger charge is -2.10. The minimum atomic E-state index is -0.490. The number of esters is 2. The first kappa shape index (κ1) is 26.9. The Hall–Kier alpha value is -1.06. The normalized spacial score (nSPS) is 12.0. The van der Waals surface area contributed by atoms with Crippen LogP contribution in [-0.4, -0.2) is 24.6 Å². The van der Waals surface area contributed by atoms with Gasteiger partial charge in [0, 0.05) is 0 Å². The van der Waals surface area contributed by atoms with Gasteiger partial charge in [-0.3, -0.25) is 9.59 Å². The highest BCUT2D eigenvalue weighted by Crippen LogP contribution is 2.13. The Morgan fingerprint density at radius 2 is 1.07 bits per heavy atom. The number of carbonyl (C=O) groups is 2. The zero-order valence-electron chi connectivity index (χ0n) is 18.9. The molecular formula is C24H46O4. The first-order chi connectivity index (χ1) is 13.6. The van der Waals surface area contributed by atoms with E-state index >= 15 is 0 Å². The maximum Gasteiger partial charge on any atom is 0.317 e. The van der Waals surface area contributed by atoms with E-state index in [-0.39, 0.29) is 12.5 Å². The number of hydrogen-bond acceptors (Lipinski definition) is 4. The predicted octanol–water partition coefficient (Wildman–Crippen LogP) is 7.13. The molecular weight excluding hydrogens is 352 g/mol. The van der Waals surface area contributed by atoms with Gasteiger partial charge in [0.25, 0.3) is 0 Å². The summed E-state index contributed by atoms with van der Waals surface area (Å²) < 4.78 is 10.2. The summed E-state index contributed by atoms with van der Waals surface area (Å²) in [5.41, 5.74) is 0. The van der Waals surface area contributed by atoms with Crippen molar-refractivity contribution in [1.29, 1.82) is 0 Å². The number of unbranched alkanes of at least 4 members (excludes halogenated alkanes) is 14. The predicted molar refractivity (Wildman–Crippen MR) is 116 cm³/mol. The van der Waals surface area contributed by atoms with Crippen LogP contribution >= 0.6 is 0 Å². The maximum absolute atomic E-state index is 11.5. The first-order valence-electron chi connectivity index (χ1n) is 11.9. The summed E-state index contributed by atoms with van der Waals surface area (Å²) in [6.45, 7) is 6.43. The second-order valence-electron chi connectivity index (χ2n) is 8.06. The summed E-state index contributed by atoms with van der Waals surface area (Å²) in [7, 11) is 0. The van der Waals surface area contributed by atoms with Crippen LogP contribution in [0.5, 0.6) is 0 Å². The lowest BCUT2D eigenvalue weighted by molar-refractivity contribution is -0.157. The van der Waals surface area contributed by atoms with Crippen LogP contribution in [0.15, 0.2) is 0 Å². The van der Waals surface area contributed by atoms with E-state index in [1.807, 2.05) is 13.8 Å². The van der Waals surface area contributed by atoms with Gasteiger partial charge >= 0.3 is 11.9 Å². The molecule has 0 aromatic heterocycles. The number of hydrogen-bond donors (Lipinski definition) is 0. The molecule has 0 bridgehead atoms. The molecule has 0 saturated heterocycles. The van der Waals surface area contributed by atoms with Crippen molar-refractivity contribution in [2.24, 2.45) is 0 Å². The van der Waals surface area contributed by atoms with Gasteiger partial charge in [0.2, 0.25) is 0 Å². The highest BCUT2D eigenvalue weighted by atomic mass is 16.6. The fraction of sp³-hybridized carbons (Fsp3) is 0.917. The van der Waals surface area contributed by atoms with Gasteiger partial charge in [-0.05, 0) is 19.8 Å². The maximum atomic E-state index is 11.5. The van der Waals surface area contributed by atoms with Gasteiger partial charge in [0.15, 0.2) is 0 Å². The molecule has 0 aliphatic rings. The monoisotopic (exact) mass is 398 g/mol.